The van der Waals surface area contributed by atoms with Gasteiger partial charge in [0.15, 0.2) is 0 Å². The molecule has 1 aliphatic heterocycles. The molecule has 0 saturated carbocycles. The third kappa shape index (κ3) is 4.78. The van der Waals surface area contributed by atoms with Gasteiger partial charge in [-0.2, -0.15) is 4.98 Å². The Morgan fingerprint density at radius 3 is 2.48 bits per heavy atom. The molecule has 0 atom stereocenters. The normalized spacial score (nSPS) is 13.9. The molecule has 0 amide bonds. The van der Waals surface area contributed by atoms with Crippen molar-refractivity contribution in [3.8, 4) is 5.75 Å². The molecule has 8 heteroatoms. The number of methoxy groups -OCH3 is 1. The summed E-state index contributed by atoms with van der Waals surface area (Å²) in [6, 6.07) is 19.8. The number of nitrogens with zero attached hydrogens (tertiary/aromatic N) is 5. The number of hydrogen-bond acceptors (Lipinski definition) is 7. The number of aromatic nitrogens is 3. The first-order valence-electron chi connectivity index (χ1n) is 10.9. The summed E-state index contributed by atoms with van der Waals surface area (Å²) >= 11 is 6.02. The summed E-state index contributed by atoms with van der Waals surface area (Å²) in [5.74, 6) is 3.32. The Bertz CT molecular complexity index is 1240. The lowest BCUT2D eigenvalue weighted by Gasteiger charge is -2.35. The standard InChI is InChI=1S/C25H25ClN6O/c1-33-20-10-11-27-23(16-20)31-12-14-32(15-13-31)25-29-22-5-3-2-4-21(22)24(30-25)28-17-18-6-8-19(26)9-7-18/h2-11,16H,12-15,17H2,1H3,(H,28,29,30). The Balaban J connectivity index is 1.34. The lowest BCUT2D eigenvalue weighted by Crippen LogP contribution is -2.47. The Hall–Kier alpha value is -3.58. The zero-order valence-electron chi connectivity index (χ0n) is 18.4. The molecule has 1 fully saturated rings. The van der Waals surface area contributed by atoms with Gasteiger partial charge >= 0.3 is 0 Å². The van der Waals surface area contributed by atoms with Crippen LogP contribution in [0.5, 0.6) is 5.75 Å². The van der Waals surface area contributed by atoms with Crippen LogP contribution in [0.2, 0.25) is 5.02 Å². The van der Waals surface area contributed by atoms with Crippen LogP contribution in [0, 0.1) is 0 Å². The second-order valence-electron chi connectivity index (χ2n) is 7.90. The van der Waals surface area contributed by atoms with Crippen molar-refractivity contribution >= 4 is 40.1 Å². The average Bonchev–Trinajstić information content (AvgIpc) is 2.88. The van der Waals surface area contributed by atoms with E-state index in [1.807, 2.05) is 54.6 Å². The van der Waals surface area contributed by atoms with Crippen LogP contribution < -0.4 is 19.9 Å². The summed E-state index contributed by atoms with van der Waals surface area (Å²) in [6.07, 6.45) is 1.78. The van der Waals surface area contributed by atoms with Gasteiger partial charge in [-0.25, -0.2) is 9.97 Å². The van der Waals surface area contributed by atoms with E-state index in [1.54, 1.807) is 13.3 Å². The van der Waals surface area contributed by atoms with Gasteiger partial charge in [0.05, 0.1) is 12.6 Å². The summed E-state index contributed by atoms with van der Waals surface area (Å²) in [6.45, 7) is 3.96. The number of pyridine rings is 1. The monoisotopic (exact) mass is 460 g/mol. The fourth-order valence-electron chi connectivity index (χ4n) is 3.96. The van der Waals surface area contributed by atoms with E-state index in [0.717, 1.165) is 71.0 Å². The number of hydrogen-bond donors (Lipinski definition) is 1. The third-order valence-corrected chi connectivity index (χ3v) is 6.06. The van der Waals surface area contributed by atoms with E-state index >= 15 is 0 Å². The highest BCUT2D eigenvalue weighted by Gasteiger charge is 2.21. The number of rotatable bonds is 6. The first-order valence-corrected chi connectivity index (χ1v) is 11.3. The van der Waals surface area contributed by atoms with Crippen molar-refractivity contribution in [1.82, 2.24) is 15.0 Å². The fraction of sp³-hybridized carbons (Fsp3) is 0.240. The number of benzene rings is 2. The van der Waals surface area contributed by atoms with Gasteiger partial charge in [-0.3, -0.25) is 0 Å². The van der Waals surface area contributed by atoms with E-state index in [0.29, 0.717) is 6.54 Å². The van der Waals surface area contributed by atoms with Crippen LogP contribution in [-0.4, -0.2) is 48.2 Å². The highest BCUT2D eigenvalue weighted by molar-refractivity contribution is 6.30. The molecule has 1 N–H and O–H groups in total. The topological polar surface area (TPSA) is 66.4 Å². The van der Waals surface area contributed by atoms with Crippen molar-refractivity contribution in [2.45, 2.75) is 6.54 Å². The van der Waals surface area contributed by atoms with Crippen LogP contribution in [0.4, 0.5) is 17.6 Å². The molecule has 0 bridgehead atoms. The summed E-state index contributed by atoms with van der Waals surface area (Å²) < 4.78 is 5.34. The first-order chi connectivity index (χ1) is 16.2. The third-order valence-electron chi connectivity index (χ3n) is 5.80. The smallest absolute Gasteiger partial charge is 0.228 e. The molecule has 168 valence electrons. The van der Waals surface area contributed by atoms with Crippen LogP contribution in [0.25, 0.3) is 10.9 Å². The van der Waals surface area contributed by atoms with Crippen LogP contribution in [0.3, 0.4) is 0 Å². The number of anilines is 3. The lowest BCUT2D eigenvalue weighted by molar-refractivity contribution is 0.414. The maximum Gasteiger partial charge on any atom is 0.228 e. The minimum absolute atomic E-state index is 0.660. The maximum atomic E-state index is 6.02. The molecule has 2 aromatic carbocycles. The van der Waals surface area contributed by atoms with Crippen molar-refractivity contribution in [3.63, 3.8) is 0 Å². The zero-order chi connectivity index (χ0) is 22.6. The van der Waals surface area contributed by atoms with Gasteiger partial charge in [-0.15, -0.1) is 0 Å². The molecule has 4 aromatic rings. The SMILES string of the molecule is COc1ccnc(N2CCN(c3nc(NCc4ccc(Cl)cc4)c4ccccc4n3)CC2)c1. The van der Waals surface area contributed by atoms with Crippen LogP contribution in [0.1, 0.15) is 5.56 Å². The largest absolute Gasteiger partial charge is 0.497 e. The summed E-state index contributed by atoms with van der Waals surface area (Å²) in [5, 5.41) is 5.24. The maximum absolute atomic E-state index is 6.02. The van der Waals surface area contributed by atoms with E-state index in [2.05, 4.69) is 26.2 Å². The molecule has 33 heavy (non-hydrogen) atoms. The van der Waals surface area contributed by atoms with Gasteiger partial charge in [-0.1, -0.05) is 35.9 Å². The second-order valence-corrected chi connectivity index (χ2v) is 8.33. The quantitative estimate of drug-likeness (QED) is 0.450. The molecule has 0 spiro atoms. The van der Waals surface area contributed by atoms with Gasteiger partial charge in [0, 0.05) is 55.4 Å². The highest BCUT2D eigenvalue weighted by atomic mass is 35.5. The molecule has 3 heterocycles. The molecule has 0 aliphatic carbocycles. The van der Waals surface area contributed by atoms with Gasteiger partial charge in [0.2, 0.25) is 5.95 Å². The first kappa shape index (κ1) is 21.3. The van der Waals surface area contributed by atoms with E-state index in [9.17, 15) is 0 Å². The average molecular weight is 461 g/mol. The van der Waals surface area contributed by atoms with E-state index in [4.69, 9.17) is 26.3 Å². The second kappa shape index (κ2) is 9.50. The molecule has 1 aliphatic rings. The molecule has 0 radical (unpaired) electrons. The van der Waals surface area contributed by atoms with Crippen molar-refractivity contribution in [3.05, 3.63) is 77.4 Å². The Kier molecular flexibility index (Phi) is 6.13. The molecular weight excluding hydrogens is 436 g/mol. The van der Waals surface area contributed by atoms with Gasteiger partial charge in [0.25, 0.3) is 0 Å². The molecule has 0 unspecified atom stereocenters. The minimum atomic E-state index is 0.660. The van der Waals surface area contributed by atoms with E-state index in [1.165, 1.54) is 0 Å². The Labute approximate surface area is 198 Å². The molecule has 2 aromatic heterocycles. The zero-order valence-corrected chi connectivity index (χ0v) is 19.2. The molecular formula is C25H25ClN6O. The Morgan fingerprint density at radius 1 is 0.939 bits per heavy atom. The van der Waals surface area contributed by atoms with Crippen LogP contribution in [-0.2, 0) is 6.54 Å². The van der Waals surface area contributed by atoms with Gasteiger partial charge in [-0.05, 0) is 35.9 Å². The number of halogens is 1. The van der Waals surface area contributed by atoms with Crippen molar-refractivity contribution < 1.29 is 4.74 Å². The predicted octanol–water partition coefficient (Wildman–Crippen LogP) is 4.63. The fourth-order valence-corrected chi connectivity index (χ4v) is 4.09. The highest BCUT2D eigenvalue weighted by Crippen LogP contribution is 2.26. The minimum Gasteiger partial charge on any atom is -0.497 e. The summed E-state index contributed by atoms with van der Waals surface area (Å²) in [7, 11) is 1.67. The van der Waals surface area contributed by atoms with Crippen LogP contribution >= 0.6 is 11.6 Å². The van der Waals surface area contributed by atoms with E-state index < -0.39 is 0 Å². The van der Waals surface area contributed by atoms with Crippen LogP contribution in [0.15, 0.2) is 66.9 Å². The van der Waals surface area contributed by atoms with E-state index in [-0.39, 0.29) is 0 Å². The number of para-hydroxylation sites is 1. The van der Waals surface area contributed by atoms with Crippen molar-refractivity contribution in [1.29, 1.82) is 0 Å². The molecule has 5 rings (SSSR count). The molecule has 7 nitrogen and oxygen atoms in total. The lowest BCUT2D eigenvalue weighted by atomic mass is 10.2. The summed E-state index contributed by atoms with van der Waals surface area (Å²) in [4.78, 5) is 18.8. The Morgan fingerprint density at radius 2 is 1.70 bits per heavy atom. The number of ether oxygens (including phenoxy) is 1. The van der Waals surface area contributed by atoms with Gasteiger partial charge in [0.1, 0.15) is 17.4 Å². The van der Waals surface area contributed by atoms with Crippen molar-refractivity contribution in [2.75, 3.05) is 48.4 Å². The van der Waals surface area contributed by atoms with Crippen molar-refractivity contribution in [2.24, 2.45) is 0 Å². The number of nitrogens with one attached hydrogen (secondary N) is 1. The van der Waals surface area contributed by atoms with Gasteiger partial charge < -0.3 is 19.9 Å². The number of fused-ring (bicyclic) bond motifs is 1. The molecule has 1 saturated heterocycles. The number of piperazine rings is 1. The predicted molar refractivity (Wildman–Crippen MR) is 134 cm³/mol. The summed E-state index contributed by atoms with van der Waals surface area (Å²) in [5.41, 5.74) is 2.07.